The maximum absolute atomic E-state index is 11.9. The lowest BCUT2D eigenvalue weighted by molar-refractivity contribution is -0.298. The van der Waals surface area contributed by atoms with Gasteiger partial charge in [0.2, 0.25) is 0 Å². The number of aliphatic hydroxyl groups is 7. The molecule has 8 N–H and O–H groups in total. The first-order valence-electron chi connectivity index (χ1n) is 10.2. The summed E-state index contributed by atoms with van der Waals surface area (Å²) in [6.07, 6.45) is -9.91. The van der Waals surface area contributed by atoms with E-state index in [1.165, 1.54) is 12.2 Å². The Morgan fingerprint density at radius 2 is 1.76 bits per heavy atom. The molecule has 0 aliphatic carbocycles. The zero-order valence-electron chi connectivity index (χ0n) is 17.3. The minimum atomic E-state index is -1.57. The molecule has 2 saturated heterocycles. The average molecular weight is 476 g/mol. The Balaban J connectivity index is 1.51. The summed E-state index contributed by atoms with van der Waals surface area (Å²) in [5, 5.41) is 69.3. The second-order valence-corrected chi connectivity index (χ2v) is 7.79. The van der Waals surface area contributed by atoms with Crippen LogP contribution in [0.4, 0.5) is 0 Å². The quantitative estimate of drug-likeness (QED) is 0.166. The van der Waals surface area contributed by atoms with Crippen molar-refractivity contribution >= 4 is 0 Å². The molecule has 0 radical (unpaired) electrons. The van der Waals surface area contributed by atoms with Gasteiger partial charge in [0, 0.05) is 12.3 Å². The van der Waals surface area contributed by atoms with E-state index in [4.69, 9.17) is 19.3 Å². The van der Waals surface area contributed by atoms with Crippen LogP contribution in [0.15, 0.2) is 34.0 Å². The van der Waals surface area contributed by atoms with Crippen LogP contribution in [0.1, 0.15) is 12.6 Å². The summed E-state index contributed by atoms with van der Waals surface area (Å²) >= 11 is 0. The van der Waals surface area contributed by atoms with Crippen LogP contribution in [0, 0.1) is 0 Å². The maximum atomic E-state index is 11.9. The molecular formula is C19H28N2O12. The van der Waals surface area contributed by atoms with Crippen molar-refractivity contribution in [2.24, 2.45) is 0 Å². The van der Waals surface area contributed by atoms with Crippen molar-refractivity contribution in [2.75, 3.05) is 13.2 Å². The van der Waals surface area contributed by atoms with E-state index in [1.54, 1.807) is 0 Å². The number of aromatic nitrogens is 2. The molecule has 2 aliphatic rings. The van der Waals surface area contributed by atoms with E-state index in [2.05, 4.69) is 0 Å². The van der Waals surface area contributed by atoms with Crippen molar-refractivity contribution in [1.29, 1.82) is 0 Å². The number of H-pyrrole nitrogens is 1. The van der Waals surface area contributed by atoms with Gasteiger partial charge in [-0.05, 0) is 6.42 Å². The highest BCUT2D eigenvalue weighted by atomic mass is 16.7. The summed E-state index contributed by atoms with van der Waals surface area (Å²) in [6, 6.07) is 1.05. The Hall–Kier alpha value is -1.98. The Labute approximate surface area is 186 Å². The van der Waals surface area contributed by atoms with Gasteiger partial charge < -0.3 is 50.0 Å². The fraction of sp³-hybridized carbons (Fsp3) is 0.684. The molecule has 0 unspecified atom stereocenters. The monoisotopic (exact) mass is 476 g/mol. The van der Waals surface area contributed by atoms with Gasteiger partial charge in [0.25, 0.3) is 5.56 Å². The topological polar surface area (TPSA) is 224 Å². The van der Waals surface area contributed by atoms with Crippen LogP contribution < -0.4 is 11.2 Å². The molecule has 2 aliphatic heterocycles. The molecule has 186 valence electrons. The van der Waals surface area contributed by atoms with E-state index in [1.807, 2.05) is 4.98 Å². The van der Waals surface area contributed by atoms with E-state index < -0.39 is 79.2 Å². The zero-order chi connectivity index (χ0) is 24.3. The first-order chi connectivity index (χ1) is 15.6. The van der Waals surface area contributed by atoms with Crippen molar-refractivity contribution in [1.82, 2.24) is 9.55 Å². The Morgan fingerprint density at radius 1 is 1.03 bits per heavy atom. The Kier molecular flexibility index (Phi) is 8.52. The summed E-state index contributed by atoms with van der Waals surface area (Å²) in [6.45, 7) is -0.712. The van der Waals surface area contributed by atoms with Crippen LogP contribution >= 0.6 is 0 Å². The lowest BCUT2D eigenvalue weighted by Crippen LogP contribution is -2.59. The average Bonchev–Trinajstić information content (AvgIpc) is 3.07. The van der Waals surface area contributed by atoms with Crippen molar-refractivity contribution in [3.63, 3.8) is 0 Å². The van der Waals surface area contributed by atoms with Gasteiger partial charge in [-0.15, -0.1) is 0 Å². The van der Waals surface area contributed by atoms with E-state index >= 15 is 0 Å². The van der Waals surface area contributed by atoms with Gasteiger partial charge in [-0.3, -0.25) is 14.3 Å². The number of nitrogens with one attached hydrogen (secondary N) is 1. The molecule has 3 rings (SSSR count). The normalized spacial score (nSPS) is 38.1. The molecule has 1 aromatic rings. The highest BCUT2D eigenvalue weighted by Gasteiger charge is 2.47. The van der Waals surface area contributed by atoms with Crippen molar-refractivity contribution in [3.05, 3.63) is 45.3 Å². The number of hydrogen-bond donors (Lipinski definition) is 8. The summed E-state index contributed by atoms with van der Waals surface area (Å²) in [4.78, 5) is 25.1. The molecular weight excluding hydrogens is 448 g/mol. The molecule has 0 aromatic carbocycles. The number of aliphatic hydroxyl groups excluding tert-OH is 7. The smallest absolute Gasteiger partial charge is 0.330 e. The van der Waals surface area contributed by atoms with Gasteiger partial charge in [-0.25, -0.2) is 4.79 Å². The summed E-state index contributed by atoms with van der Waals surface area (Å²) in [5.74, 6) is 0. The predicted molar refractivity (Wildman–Crippen MR) is 107 cm³/mol. The zero-order valence-corrected chi connectivity index (χ0v) is 17.3. The van der Waals surface area contributed by atoms with Crippen molar-refractivity contribution in [3.8, 4) is 0 Å². The lowest BCUT2D eigenvalue weighted by atomic mass is 9.99. The highest BCUT2D eigenvalue weighted by molar-refractivity contribution is 4.98. The minimum absolute atomic E-state index is 0.0419. The summed E-state index contributed by atoms with van der Waals surface area (Å²) in [5.41, 5.74) is -1.49. The van der Waals surface area contributed by atoms with Crippen LogP contribution in [0.3, 0.4) is 0 Å². The minimum Gasteiger partial charge on any atom is -0.394 e. The van der Waals surface area contributed by atoms with Gasteiger partial charge in [-0.2, -0.15) is 0 Å². The molecule has 0 amide bonds. The first-order valence-corrected chi connectivity index (χ1v) is 10.2. The molecule has 14 nitrogen and oxygen atoms in total. The van der Waals surface area contributed by atoms with Crippen molar-refractivity contribution in [2.45, 2.75) is 67.8 Å². The van der Waals surface area contributed by atoms with E-state index in [9.17, 15) is 40.2 Å². The maximum Gasteiger partial charge on any atom is 0.330 e. The third-order valence-electron chi connectivity index (χ3n) is 5.53. The molecule has 2 fully saturated rings. The molecule has 0 bridgehead atoms. The van der Waals surface area contributed by atoms with Crippen LogP contribution in [0.2, 0.25) is 0 Å². The van der Waals surface area contributed by atoms with Crippen LogP contribution in [-0.2, 0) is 14.2 Å². The third kappa shape index (κ3) is 5.58. The SMILES string of the molecule is O=c1ccn([C@@H]2O[C@H]([C@H](O)C/C=C/CO[C@H]3O[C@H](CO)[C@H](O)[C@H](O)[C@H]3O)[C@@H](O)[C@H]2O)c(=O)[nH]1. The molecule has 33 heavy (non-hydrogen) atoms. The number of rotatable bonds is 8. The number of hydrogen-bond acceptors (Lipinski definition) is 12. The Morgan fingerprint density at radius 3 is 2.42 bits per heavy atom. The molecule has 0 spiro atoms. The van der Waals surface area contributed by atoms with Gasteiger partial charge >= 0.3 is 5.69 Å². The fourth-order valence-corrected chi connectivity index (χ4v) is 3.65. The van der Waals surface area contributed by atoms with E-state index in [-0.39, 0.29) is 13.0 Å². The van der Waals surface area contributed by atoms with Gasteiger partial charge in [-0.1, -0.05) is 12.2 Å². The summed E-state index contributed by atoms with van der Waals surface area (Å²) in [7, 11) is 0. The first kappa shape index (κ1) is 25.6. The fourth-order valence-electron chi connectivity index (χ4n) is 3.65. The molecule has 1 aromatic heterocycles. The standard InChI is InChI=1S/C19H28N2O12/c22-7-9-11(25)12(26)15(29)18(32-9)31-6-2-1-3-8(23)16-13(27)14(28)17(33-16)21-5-4-10(24)20-19(21)30/h1-2,4-5,8-9,11-18,22-23,25-29H,3,6-7H2,(H,20,24,30)/b2-1+/t8-,9-,11+,12+,13+,14-,15-,16-,17-,18+/m1/s1. The number of nitrogens with zero attached hydrogens (tertiary/aromatic N) is 1. The predicted octanol–water partition coefficient (Wildman–Crippen LogP) is -4.72. The molecule has 14 heteroatoms. The van der Waals surface area contributed by atoms with Crippen LogP contribution in [0.5, 0.6) is 0 Å². The Bertz CT molecular complexity index is 917. The van der Waals surface area contributed by atoms with E-state index in [0.29, 0.717) is 0 Å². The van der Waals surface area contributed by atoms with Crippen LogP contribution in [0.25, 0.3) is 0 Å². The van der Waals surface area contributed by atoms with Crippen LogP contribution in [-0.4, -0.2) is 114 Å². The molecule has 3 heterocycles. The number of aromatic amines is 1. The lowest BCUT2D eigenvalue weighted by Gasteiger charge is -2.39. The highest BCUT2D eigenvalue weighted by Crippen LogP contribution is 2.31. The van der Waals surface area contributed by atoms with Gasteiger partial charge in [0.15, 0.2) is 12.5 Å². The largest absolute Gasteiger partial charge is 0.394 e. The molecule has 0 saturated carbocycles. The van der Waals surface area contributed by atoms with Gasteiger partial charge in [0.1, 0.15) is 42.7 Å². The summed E-state index contributed by atoms with van der Waals surface area (Å²) < 4.78 is 16.8. The second-order valence-electron chi connectivity index (χ2n) is 7.79. The number of ether oxygens (including phenoxy) is 3. The van der Waals surface area contributed by atoms with Gasteiger partial charge in [0.05, 0.1) is 19.3 Å². The molecule has 10 atom stereocenters. The second kappa shape index (κ2) is 11.0. The van der Waals surface area contributed by atoms with Crippen molar-refractivity contribution < 1.29 is 50.0 Å². The van der Waals surface area contributed by atoms with E-state index in [0.717, 1.165) is 16.8 Å². The third-order valence-corrected chi connectivity index (χ3v) is 5.53.